The zero-order valence-corrected chi connectivity index (χ0v) is 13.9. The van der Waals surface area contributed by atoms with E-state index in [1.165, 1.54) is 25.7 Å². The summed E-state index contributed by atoms with van der Waals surface area (Å²) in [5, 5.41) is 0.574. The van der Waals surface area contributed by atoms with Gasteiger partial charge in [-0.2, -0.15) is 0 Å². The Morgan fingerprint density at radius 2 is 1.70 bits per heavy atom. The summed E-state index contributed by atoms with van der Waals surface area (Å²) in [5.74, 6) is 1.32. The summed E-state index contributed by atoms with van der Waals surface area (Å²) in [6, 6.07) is 3.72. The minimum absolute atomic E-state index is 0.0812. The Morgan fingerprint density at radius 1 is 1.15 bits per heavy atom. The van der Waals surface area contributed by atoms with E-state index in [1.54, 1.807) is 20.3 Å². The van der Waals surface area contributed by atoms with Gasteiger partial charge in [-0.1, -0.05) is 31.4 Å². The van der Waals surface area contributed by atoms with E-state index in [0.29, 0.717) is 16.5 Å². The molecule has 0 bridgehead atoms. The second-order valence-corrected chi connectivity index (χ2v) is 6.36. The van der Waals surface area contributed by atoms with Crippen molar-refractivity contribution in [1.29, 1.82) is 0 Å². The van der Waals surface area contributed by atoms with E-state index in [1.807, 2.05) is 6.07 Å². The van der Waals surface area contributed by atoms with Gasteiger partial charge in [0.1, 0.15) is 0 Å². The number of benzene rings is 1. The van der Waals surface area contributed by atoms with Crippen molar-refractivity contribution in [2.24, 2.45) is 5.41 Å². The molecule has 1 aliphatic carbocycles. The van der Waals surface area contributed by atoms with Crippen LogP contribution in [0.25, 0.3) is 0 Å². The molecule has 2 nitrogen and oxygen atoms in total. The summed E-state index contributed by atoms with van der Waals surface area (Å²) in [6.07, 6.45) is 5.92. The second kappa shape index (κ2) is 6.44. The average Bonchev–Trinajstić information content (AvgIpc) is 2.96. The fraction of sp³-hybridized carbons (Fsp3) is 0.625. The smallest absolute Gasteiger partial charge is 0.162 e. The Bertz CT molecular complexity index is 468. The van der Waals surface area contributed by atoms with Gasteiger partial charge < -0.3 is 9.47 Å². The Labute approximate surface area is 131 Å². The molecule has 0 aromatic heterocycles. The molecule has 0 amide bonds. The maximum absolute atomic E-state index is 6.82. The van der Waals surface area contributed by atoms with Crippen LogP contribution in [0.2, 0.25) is 5.02 Å². The van der Waals surface area contributed by atoms with Crippen molar-refractivity contribution in [1.82, 2.24) is 0 Å². The number of alkyl halides is 1. The van der Waals surface area contributed by atoms with Crippen molar-refractivity contribution in [2.75, 3.05) is 14.2 Å². The van der Waals surface area contributed by atoms with E-state index in [2.05, 4.69) is 6.92 Å². The van der Waals surface area contributed by atoms with Gasteiger partial charge in [0.2, 0.25) is 0 Å². The molecule has 0 aliphatic heterocycles. The van der Waals surface area contributed by atoms with Gasteiger partial charge in [-0.15, -0.1) is 11.6 Å². The molecular formula is C16H22Cl2O2. The zero-order valence-electron chi connectivity index (χ0n) is 12.3. The van der Waals surface area contributed by atoms with E-state index < -0.39 is 0 Å². The monoisotopic (exact) mass is 316 g/mol. The van der Waals surface area contributed by atoms with Crippen LogP contribution in [0, 0.1) is 5.41 Å². The first-order chi connectivity index (χ1) is 9.57. The average molecular weight is 317 g/mol. The first kappa shape index (κ1) is 15.8. The van der Waals surface area contributed by atoms with Crippen LogP contribution in [-0.2, 0) is 0 Å². The highest BCUT2D eigenvalue weighted by Crippen LogP contribution is 2.55. The molecule has 2 rings (SSSR count). The van der Waals surface area contributed by atoms with E-state index >= 15 is 0 Å². The fourth-order valence-corrected chi connectivity index (χ4v) is 4.13. The summed E-state index contributed by atoms with van der Waals surface area (Å²) >= 11 is 13.2. The fourth-order valence-electron chi connectivity index (χ4n) is 3.26. The van der Waals surface area contributed by atoms with Crippen LogP contribution < -0.4 is 9.47 Å². The molecule has 1 aromatic carbocycles. The summed E-state index contributed by atoms with van der Waals surface area (Å²) < 4.78 is 10.6. The molecule has 1 aliphatic rings. The largest absolute Gasteiger partial charge is 0.493 e. The standard InChI is InChI=1S/C16H22Cl2O2/c1-4-16(7-5-6-8-16)15(18)11-9-13(19-2)14(20-3)10-12(11)17/h9-10,15H,4-8H2,1-3H3. The zero-order chi connectivity index (χ0) is 14.8. The van der Waals surface area contributed by atoms with Crippen molar-refractivity contribution in [3.8, 4) is 11.5 Å². The highest BCUT2D eigenvalue weighted by molar-refractivity contribution is 6.33. The summed E-state index contributed by atoms with van der Waals surface area (Å²) in [5.41, 5.74) is 1.11. The summed E-state index contributed by atoms with van der Waals surface area (Å²) in [7, 11) is 3.24. The predicted molar refractivity (Wildman–Crippen MR) is 84.3 cm³/mol. The van der Waals surface area contributed by atoms with Crippen molar-refractivity contribution in [3.05, 3.63) is 22.7 Å². The van der Waals surface area contributed by atoms with Gasteiger partial charge in [-0.3, -0.25) is 0 Å². The molecule has 4 heteroatoms. The molecule has 1 saturated carbocycles. The lowest BCUT2D eigenvalue weighted by Crippen LogP contribution is -2.21. The normalized spacial score (nSPS) is 18.9. The quantitative estimate of drug-likeness (QED) is 0.657. The predicted octanol–water partition coefficient (Wildman–Crippen LogP) is 5.61. The molecule has 20 heavy (non-hydrogen) atoms. The maximum atomic E-state index is 6.82. The minimum atomic E-state index is -0.0812. The number of hydrogen-bond acceptors (Lipinski definition) is 2. The number of rotatable bonds is 5. The SMILES string of the molecule is CCC1(C(Cl)c2cc(OC)c(OC)cc2Cl)CCCC1. The molecular weight excluding hydrogens is 295 g/mol. The van der Waals surface area contributed by atoms with Gasteiger partial charge in [0.25, 0.3) is 0 Å². The Kier molecular flexibility index (Phi) is 5.09. The number of hydrogen-bond donors (Lipinski definition) is 0. The first-order valence-corrected chi connectivity index (χ1v) is 7.95. The van der Waals surface area contributed by atoms with Gasteiger partial charge >= 0.3 is 0 Å². The van der Waals surface area contributed by atoms with Gasteiger partial charge in [-0.25, -0.2) is 0 Å². The van der Waals surface area contributed by atoms with Crippen molar-refractivity contribution >= 4 is 23.2 Å². The van der Waals surface area contributed by atoms with Crippen LogP contribution in [-0.4, -0.2) is 14.2 Å². The first-order valence-electron chi connectivity index (χ1n) is 7.13. The highest BCUT2D eigenvalue weighted by Gasteiger charge is 2.40. The molecule has 0 spiro atoms. The van der Waals surface area contributed by atoms with Crippen LogP contribution in [0.15, 0.2) is 12.1 Å². The number of methoxy groups -OCH3 is 2. The molecule has 0 heterocycles. The molecule has 0 radical (unpaired) electrons. The lowest BCUT2D eigenvalue weighted by Gasteiger charge is -2.33. The van der Waals surface area contributed by atoms with Crippen LogP contribution in [0.3, 0.4) is 0 Å². The van der Waals surface area contributed by atoms with Crippen LogP contribution in [0.4, 0.5) is 0 Å². The van der Waals surface area contributed by atoms with E-state index in [9.17, 15) is 0 Å². The Balaban J connectivity index is 2.41. The number of ether oxygens (including phenoxy) is 2. The van der Waals surface area contributed by atoms with E-state index in [4.69, 9.17) is 32.7 Å². The van der Waals surface area contributed by atoms with Crippen LogP contribution in [0.5, 0.6) is 11.5 Å². The van der Waals surface area contributed by atoms with Gasteiger partial charge in [0, 0.05) is 11.1 Å². The van der Waals surface area contributed by atoms with Gasteiger partial charge in [-0.05, 0) is 36.3 Å². The van der Waals surface area contributed by atoms with Crippen molar-refractivity contribution in [3.63, 3.8) is 0 Å². The molecule has 1 atom stereocenters. The van der Waals surface area contributed by atoms with Crippen molar-refractivity contribution in [2.45, 2.75) is 44.4 Å². The molecule has 1 fully saturated rings. The lowest BCUT2D eigenvalue weighted by atomic mass is 9.77. The Hall–Kier alpha value is -0.600. The molecule has 0 saturated heterocycles. The number of halogens is 2. The third-order valence-electron chi connectivity index (χ3n) is 4.62. The molecule has 112 valence electrons. The Morgan fingerprint density at radius 3 is 2.20 bits per heavy atom. The van der Waals surface area contributed by atoms with Crippen molar-refractivity contribution < 1.29 is 9.47 Å². The third kappa shape index (κ3) is 2.73. The van der Waals surface area contributed by atoms with Gasteiger partial charge in [0.15, 0.2) is 11.5 Å². The lowest BCUT2D eigenvalue weighted by molar-refractivity contribution is 0.270. The molecule has 0 N–H and O–H groups in total. The minimum Gasteiger partial charge on any atom is -0.493 e. The third-order valence-corrected chi connectivity index (χ3v) is 5.64. The van der Waals surface area contributed by atoms with Crippen LogP contribution >= 0.6 is 23.2 Å². The van der Waals surface area contributed by atoms with Crippen LogP contribution in [0.1, 0.15) is 50.0 Å². The summed E-state index contributed by atoms with van der Waals surface area (Å²) in [6.45, 7) is 2.22. The molecule has 1 aromatic rings. The summed E-state index contributed by atoms with van der Waals surface area (Å²) in [4.78, 5) is 0. The topological polar surface area (TPSA) is 18.5 Å². The highest BCUT2D eigenvalue weighted by atomic mass is 35.5. The van der Waals surface area contributed by atoms with Gasteiger partial charge in [0.05, 0.1) is 19.6 Å². The maximum Gasteiger partial charge on any atom is 0.162 e. The molecule has 1 unspecified atom stereocenters. The second-order valence-electron chi connectivity index (χ2n) is 5.51. The van der Waals surface area contributed by atoms with E-state index in [-0.39, 0.29) is 10.8 Å². The van der Waals surface area contributed by atoms with E-state index in [0.717, 1.165) is 12.0 Å².